The number of phosphoric acid groups is 2. The Bertz CT molecular complexity index is 2760. The number of hydrogen-bond acceptors (Lipinski definition) is 15. The standard InChI is InChI=1S/C89H144O17P2/c1-5-9-13-17-21-25-29-33-37-40-41-44-47-50-54-58-62-66-70-74-87(92)100-80-85(106-89(94)76-72-68-64-60-56-52-48-43-39-35-31-27-23-19-15-11-7-3)82-104-108(97,98)102-78-83(90)77-101-107(95,96)103-81-84(105-88(93)75-71-67-63-59-55-51-45-36-32-28-24-20-16-12-8-4)79-99-86(91)73-69-65-61-57-53-49-46-42-38-34-30-26-22-18-14-10-6-2/h9-16,21-28,33-39,41,44-46,49-50,54,83-85,90H,5-8,17-20,29-32,40,42-43,47-48,51-53,55-82H2,1-4H3,(H,95,96)(H,97,98)/b13-9-,14-10-,15-11-,16-12-,25-21-,26-22-,27-23-,28-24-,37-33-,38-34-,39-35-,44-41-,45-36-,49-46-,54-50-. The van der Waals surface area contributed by atoms with Crippen LogP contribution in [0.15, 0.2) is 182 Å². The Morgan fingerprint density at radius 1 is 0.259 bits per heavy atom. The van der Waals surface area contributed by atoms with Crippen molar-refractivity contribution in [3.05, 3.63) is 182 Å². The molecule has 0 aliphatic heterocycles. The van der Waals surface area contributed by atoms with Crippen LogP contribution in [0.5, 0.6) is 0 Å². The summed E-state index contributed by atoms with van der Waals surface area (Å²) in [5, 5.41) is 10.7. The molecule has 0 saturated carbocycles. The summed E-state index contributed by atoms with van der Waals surface area (Å²) in [4.78, 5) is 73.2. The van der Waals surface area contributed by atoms with Crippen molar-refractivity contribution in [2.45, 2.75) is 316 Å². The maximum Gasteiger partial charge on any atom is 0.472 e. The number of phosphoric ester groups is 2. The van der Waals surface area contributed by atoms with Gasteiger partial charge in [-0.25, -0.2) is 9.13 Å². The molecule has 0 saturated heterocycles. The molecule has 108 heavy (non-hydrogen) atoms. The molecule has 17 nitrogen and oxygen atoms in total. The highest BCUT2D eigenvalue weighted by Crippen LogP contribution is 2.45. The van der Waals surface area contributed by atoms with E-state index in [-0.39, 0.29) is 25.7 Å². The molecule has 0 amide bonds. The van der Waals surface area contributed by atoms with Gasteiger partial charge in [0.15, 0.2) is 12.2 Å². The first-order valence-electron chi connectivity index (χ1n) is 41.0. The summed E-state index contributed by atoms with van der Waals surface area (Å²) in [5.41, 5.74) is 0. The fourth-order valence-corrected chi connectivity index (χ4v) is 11.8. The average molecular weight is 1550 g/mol. The fourth-order valence-electron chi connectivity index (χ4n) is 10.3. The highest BCUT2D eigenvalue weighted by molar-refractivity contribution is 7.47. The van der Waals surface area contributed by atoms with E-state index in [9.17, 15) is 43.2 Å². The fraction of sp³-hybridized carbons (Fsp3) is 0.618. The molecule has 0 radical (unpaired) electrons. The van der Waals surface area contributed by atoms with E-state index in [4.69, 9.17) is 37.0 Å². The number of ether oxygens (including phenoxy) is 4. The third-order valence-corrected chi connectivity index (χ3v) is 18.3. The van der Waals surface area contributed by atoms with Crippen LogP contribution in [0.3, 0.4) is 0 Å². The summed E-state index contributed by atoms with van der Waals surface area (Å²) in [6.45, 7) is 4.32. The van der Waals surface area contributed by atoms with Crippen LogP contribution >= 0.6 is 15.6 Å². The van der Waals surface area contributed by atoms with Gasteiger partial charge in [0.1, 0.15) is 19.3 Å². The van der Waals surface area contributed by atoms with Gasteiger partial charge < -0.3 is 33.8 Å². The van der Waals surface area contributed by atoms with Crippen molar-refractivity contribution in [3.8, 4) is 0 Å². The topological polar surface area (TPSA) is 237 Å². The van der Waals surface area contributed by atoms with Gasteiger partial charge in [-0.3, -0.25) is 37.3 Å². The quantitative estimate of drug-likeness (QED) is 0.0169. The van der Waals surface area contributed by atoms with Gasteiger partial charge in [0.25, 0.3) is 0 Å². The predicted molar refractivity (Wildman–Crippen MR) is 445 cm³/mol. The lowest BCUT2D eigenvalue weighted by Crippen LogP contribution is -2.30. The van der Waals surface area contributed by atoms with Crippen molar-refractivity contribution < 1.29 is 80.2 Å². The minimum absolute atomic E-state index is 0.0625. The number of unbranched alkanes of at least 4 members (excludes halogenated alkanes) is 19. The molecule has 5 unspecified atom stereocenters. The molecular weight excluding hydrogens is 1400 g/mol. The zero-order chi connectivity index (χ0) is 78.9. The average Bonchev–Trinajstić information content (AvgIpc) is 0.906. The Balaban J connectivity index is 5.47. The lowest BCUT2D eigenvalue weighted by molar-refractivity contribution is -0.161. The van der Waals surface area contributed by atoms with Gasteiger partial charge >= 0.3 is 39.5 Å². The minimum Gasteiger partial charge on any atom is -0.462 e. The van der Waals surface area contributed by atoms with E-state index in [1.54, 1.807) is 0 Å². The Hall–Kier alpha value is -5.84. The van der Waals surface area contributed by atoms with Gasteiger partial charge in [-0.15, -0.1) is 0 Å². The molecule has 5 atom stereocenters. The molecule has 0 aromatic heterocycles. The molecule has 0 aromatic carbocycles. The van der Waals surface area contributed by atoms with Gasteiger partial charge in [-0.05, 0) is 173 Å². The van der Waals surface area contributed by atoms with E-state index in [1.165, 1.54) is 0 Å². The third-order valence-electron chi connectivity index (χ3n) is 16.4. The van der Waals surface area contributed by atoms with Gasteiger partial charge in [-0.2, -0.15) is 0 Å². The molecule has 0 heterocycles. The Morgan fingerprint density at radius 2 is 0.454 bits per heavy atom. The Kier molecular flexibility index (Phi) is 75.0. The van der Waals surface area contributed by atoms with Crippen LogP contribution in [0.4, 0.5) is 0 Å². The lowest BCUT2D eigenvalue weighted by Gasteiger charge is -2.21. The van der Waals surface area contributed by atoms with Crippen molar-refractivity contribution in [2.24, 2.45) is 0 Å². The third kappa shape index (κ3) is 78.3. The summed E-state index contributed by atoms with van der Waals surface area (Å²) < 4.78 is 68.7. The van der Waals surface area contributed by atoms with Gasteiger partial charge in [-0.1, -0.05) is 281 Å². The molecule has 0 bridgehead atoms. The van der Waals surface area contributed by atoms with Crippen LogP contribution < -0.4 is 0 Å². The van der Waals surface area contributed by atoms with E-state index in [0.717, 1.165) is 218 Å². The Labute approximate surface area is 654 Å². The largest absolute Gasteiger partial charge is 0.472 e. The van der Waals surface area contributed by atoms with Crippen molar-refractivity contribution >= 4 is 39.5 Å². The van der Waals surface area contributed by atoms with Crippen LogP contribution in [-0.4, -0.2) is 96.7 Å². The number of carbonyl (C=O) groups excluding carboxylic acids is 4. The lowest BCUT2D eigenvalue weighted by atomic mass is 10.1. The zero-order valence-electron chi connectivity index (χ0n) is 66.9. The summed E-state index contributed by atoms with van der Waals surface area (Å²) >= 11 is 0. The minimum atomic E-state index is -5.00. The van der Waals surface area contributed by atoms with Crippen LogP contribution in [0.2, 0.25) is 0 Å². The second kappa shape index (κ2) is 79.3. The van der Waals surface area contributed by atoms with E-state index in [2.05, 4.69) is 210 Å². The molecule has 0 aromatic rings. The van der Waals surface area contributed by atoms with Crippen LogP contribution in [0, 0.1) is 0 Å². The van der Waals surface area contributed by atoms with Crippen molar-refractivity contribution in [3.63, 3.8) is 0 Å². The van der Waals surface area contributed by atoms with Gasteiger partial charge in [0.05, 0.1) is 26.4 Å². The van der Waals surface area contributed by atoms with E-state index < -0.39 is 97.5 Å². The molecule has 0 aliphatic carbocycles. The summed E-state index contributed by atoms with van der Waals surface area (Å²) in [7, 11) is -10.0. The smallest absolute Gasteiger partial charge is 0.462 e. The van der Waals surface area contributed by atoms with Crippen molar-refractivity contribution in [1.29, 1.82) is 0 Å². The molecule has 3 N–H and O–H groups in total. The molecule has 0 rings (SSSR count). The van der Waals surface area contributed by atoms with E-state index >= 15 is 0 Å². The number of allylic oxidation sites excluding steroid dienone is 30. The number of esters is 4. The monoisotopic (exact) mass is 1550 g/mol. The summed E-state index contributed by atoms with van der Waals surface area (Å²) in [5.74, 6) is -2.28. The predicted octanol–water partition coefficient (Wildman–Crippen LogP) is 24.3. The molecule has 612 valence electrons. The van der Waals surface area contributed by atoms with Crippen LogP contribution in [0.1, 0.15) is 297 Å². The summed E-state index contributed by atoms with van der Waals surface area (Å²) in [6.07, 6.45) is 95.7. The van der Waals surface area contributed by atoms with E-state index in [0.29, 0.717) is 25.7 Å². The van der Waals surface area contributed by atoms with Crippen LogP contribution in [0.25, 0.3) is 0 Å². The van der Waals surface area contributed by atoms with Crippen LogP contribution in [-0.2, 0) is 65.4 Å². The molecule has 19 heteroatoms. The van der Waals surface area contributed by atoms with E-state index in [1.807, 2.05) is 0 Å². The Morgan fingerprint density at radius 3 is 0.704 bits per heavy atom. The SMILES string of the molecule is CC/C=C\C/C=C\C/C=C\C/C=C\C/C=C\CCCCCC(=O)OCC(COP(=O)(O)OCC(O)COP(=O)(O)OCC(COC(=O)CCCCCC/C=C\C/C=C\C/C=C\C/C=C\CC)OC(=O)CCCCCCC/C=C\C/C=C\C/C=C\CC)OC(=O)CCCCCCCCC/C=C\C/C=C\C/C=C\CC. The second-order valence-electron chi connectivity index (χ2n) is 26.5. The molecular formula is C89H144O17P2. The molecule has 0 spiro atoms. The summed E-state index contributed by atoms with van der Waals surface area (Å²) in [6, 6.07) is 0. The molecule has 0 aliphatic rings. The maximum absolute atomic E-state index is 13.1. The number of rotatable bonds is 75. The first kappa shape index (κ1) is 102. The first-order chi connectivity index (χ1) is 52.7. The second-order valence-corrected chi connectivity index (χ2v) is 29.4. The number of aliphatic hydroxyl groups excluding tert-OH is 1. The highest BCUT2D eigenvalue weighted by atomic mass is 31.2. The van der Waals surface area contributed by atoms with Crippen molar-refractivity contribution in [1.82, 2.24) is 0 Å². The van der Waals surface area contributed by atoms with Gasteiger partial charge in [0.2, 0.25) is 0 Å². The maximum atomic E-state index is 13.1. The zero-order valence-corrected chi connectivity index (χ0v) is 68.7. The van der Waals surface area contributed by atoms with Crippen molar-refractivity contribution in [2.75, 3.05) is 39.6 Å². The highest BCUT2D eigenvalue weighted by Gasteiger charge is 2.30. The number of hydrogen-bond donors (Lipinski definition) is 3. The number of aliphatic hydroxyl groups is 1. The number of carbonyl (C=O) groups is 4. The normalized spacial score (nSPS) is 14.8. The van der Waals surface area contributed by atoms with Gasteiger partial charge in [0, 0.05) is 25.7 Å². The molecule has 0 fully saturated rings. The first-order valence-corrected chi connectivity index (χ1v) is 44.0.